The molecule has 0 bridgehead atoms. The Hall–Kier alpha value is -3.91. The predicted octanol–water partition coefficient (Wildman–Crippen LogP) is 6.12. The van der Waals surface area contributed by atoms with Gasteiger partial charge in [-0.2, -0.15) is 0 Å². The van der Waals surface area contributed by atoms with Crippen molar-refractivity contribution in [3.8, 4) is 17.2 Å². The van der Waals surface area contributed by atoms with Crippen molar-refractivity contribution in [2.24, 2.45) is 0 Å². The second-order valence-electron chi connectivity index (χ2n) is 6.65. The number of thiazole rings is 1. The first kappa shape index (κ1) is 19.1. The summed E-state index contributed by atoms with van der Waals surface area (Å²) < 4.78 is 29.8. The predicted molar refractivity (Wildman–Crippen MR) is 115 cm³/mol. The molecule has 0 spiro atoms. The molecule has 0 atom stereocenters. The summed E-state index contributed by atoms with van der Waals surface area (Å²) in [6.07, 6.45) is 0. The zero-order valence-electron chi connectivity index (χ0n) is 16.0. The van der Waals surface area contributed by atoms with Crippen LogP contribution in [0, 0.1) is 5.82 Å². The molecule has 0 unspecified atom stereocenters. The average molecular weight is 434 g/mol. The van der Waals surface area contributed by atoms with Crippen LogP contribution in [0.3, 0.4) is 0 Å². The van der Waals surface area contributed by atoms with Crippen molar-refractivity contribution in [2.75, 3.05) is 5.32 Å². The normalized spacial score (nSPS) is 11.0. The van der Waals surface area contributed by atoms with Gasteiger partial charge in [0.2, 0.25) is 0 Å². The lowest BCUT2D eigenvalue weighted by Crippen LogP contribution is -2.10. The zero-order valence-corrected chi connectivity index (χ0v) is 16.8. The number of amides is 1. The highest BCUT2D eigenvalue weighted by Gasteiger charge is 2.15. The number of nitrogens with zero attached hydrogens (tertiary/aromatic N) is 1. The number of benzene rings is 2. The summed E-state index contributed by atoms with van der Waals surface area (Å²) in [5.74, 6) is 0.990. The van der Waals surface area contributed by atoms with E-state index in [1.807, 2.05) is 35.7 Å². The quantitative estimate of drug-likeness (QED) is 0.348. The lowest BCUT2D eigenvalue weighted by atomic mass is 10.2. The fraction of sp³-hybridized carbons (Fsp3) is 0.0435. The topological polar surface area (TPSA) is 77.5 Å². The monoisotopic (exact) mass is 434 g/mol. The van der Waals surface area contributed by atoms with Crippen molar-refractivity contribution in [2.45, 2.75) is 6.61 Å². The smallest absolute Gasteiger partial charge is 0.293 e. The Kier molecular flexibility index (Phi) is 4.97. The van der Waals surface area contributed by atoms with Gasteiger partial charge in [0.15, 0.2) is 16.7 Å². The number of rotatable bonds is 6. The summed E-state index contributed by atoms with van der Waals surface area (Å²) in [7, 11) is 0. The third-order valence-electron chi connectivity index (χ3n) is 4.48. The maximum absolute atomic E-state index is 12.9. The maximum Gasteiger partial charge on any atom is 0.293 e. The highest BCUT2D eigenvalue weighted by molar-refractivity contribution is 7.14. The summed E-state index contributed by atoms with van der Waals surface area (Å²) in [6, 6.07) is 18.5. The number of carbonyl (C=O) groups is 1. The molecular formula is C23H15FN2O4S. The number of hydrogen-bond donors (Lipinski definition) is 1. The number of anilines is 1. The molecule has 3 aromatic heterocycles. The molecule has 1 amide bonds. The van der Waals surface area contributed by atoms with E-state index in [-0.39, 0.29) is 18.2 Å². The number of nitrogens with one attached hydrogen (secondary N) is 1. The number of para-hydroxylation sites is 1. The van der Waals surface area contributed by atoms with E-state index < -0.39 is 5.91 Å². The lowest BCUT2D eigenvalue weighted by molar-refractivity contribution is 0.0992. The van der Waals surface area contributed by atoms with Crippen LogP contribution in [0.4, 0.5) is 9.52 Å². The molecule has 8 heteroatoms. The summed E-state index contributed by atoms with van der Waals surface area (Å²) in [5, 5.41) is 5.96. The van der Waals surface area contributed by atoms with Crippen molar-refractivity contribution in [1.82, 2.24) is 4.98 Å². The molecule has 0 saturated heterocycles. The van der Waals surface area contributed by atoms with Crippen molar-refractivity contribution >= 4 is 33.3 Å². The average Bonchev–Trinajstić information content (AvgIpc) is 3.52. The van der Waals surface area contributed by atoms with Crippen LogP contribution in [0.5, 0.6) is 5.75 Å². The standard InChI is InChI=1S/C23H15FN2O4S/c24-15-5-7-16(8-6-15)28-12-17-9-10-20(29-17)22(27)26-23-25-18(13-31-23)21-11-14-3-1-2-4-19(14)30-21/h1-11,13H,12H2,(H,25,26,27). The number of ether oxygens (including phenoxy) is 1. The minimum atomic E-state index is -0.418. The summed E-state index contributed by atoms with van der Waals surface area (Å²) in [5.41, 5.74) is 1.42. The number of aromatic nitrogens is 1. The molecule has 1 N–H and O–H groups in total. The molecule has 0 aliphatic rings. The van der Waals surface area contributed by atoms with Gasteiger partial charge in [0.05, 0.1) is 0 Å². The fourth-order valence-electron chi connectivity index (χ4n) is 2.97. The van der Waals surface area contributed by atoms with Crippen molar-refractivity contribution in [1.29, 1.82) is 0 Å². The zero-order chi connectivity index (χ0) is 21.2. The molecule has 0 aliphatic carbocycles. The molecule has 0 radical (unpaired) electrons. The largest absolute Gasteiger partial charge is 0.486 e. The van der Waals surface area contributed by atoms with Crippen molar-refractivity contribution < 1.29 is 22.8 Å². The van der Waals surface area contributed by atoms with Gasteiger partial charge in [-0.25, -0.2) is 9.37 Å². The second-order valence-corrected chi connectivity index (χ2v) is 7.51. The first-order chi connectivity index (χ1) is 15.1. The SMILES string of the molecule is O=C(Nc1nc(-c2cc3ccccc3o2)cs1)c1ccc(COc2ccc(F)cc2)o1. The van der Waals surface area contributed by atoms with Gasteiger partial charge in [0.25, 0.3) is 5.91 Å². The van der Waals surface area contributed by atoms with Gasteiger partial charge < -0.3 is 13.6 Å². The van der Waals surface area contributed by atoms with Crippen LogP contribution in [-0.4, -0.2) is 10.9 Å². The molecule has 2 aromatic carbocycles. The third kappa shape index (κ3) is 4.19. The van der Waals surface area contributed by atoms with Gasteiger partial charge in [-0.3, -0.25) is 10.1 Å². The Balaban J connectivity index is 1.23. The molecule has 6 nitrogen and oxygen atoms in total. The second kappa shape index (κ2) is 8.08. The molecule has 0 aliphatic heterocycles. The molecule has 3 heterocycles. The Morgan fingerprint density at radius 1 is 1.06 bits per heavy atom. The summed E-state index contributed by atoms with van der Waals surface area (Å²) >= 11 is 1.29. The maximum atomic E-state index is 12.9. The Bertz CT molecular complexity index is 1320. The van der Waals surface area contributed by atoms with E-state index in [0.717, 1.165) is 11.0 Å². The molecular weight excluding hydrogens is 419 g/mol. The minimum absolute atomic E-state index is 0.117. The van der Waals surface area contributed by atoms with Crippen molar-refractivity contribution in [3.05, 3.63) is 89.4 Å². The van der Waals surface area contributed by atoms with Gasteiger partial charge in [-0.05, 0) is 48.5 Å². The van der Waals surface area contributed by atoms with Crippen LogP contribution >= 0.6 is 11.3 Å². The minimum Gasteiger partial charge on any atom is -0.486 e. The lowest BCUT2D eigenvalue weighted by Gasteiger charge is -2.03. The number of fused-ring (bicyclic) bond motifs is 1. The Labute approximate surface area is 179 Å². The van der Waals surface area contributed by atoms with E-state index in [2.05, 4.69) is 10.3 Å². The first-order valence-corrected chi connectivity index (χ1v) is 10.2. The van der Waals surface area contributed by atoms with E-state index >= 15 is 0 Å². The van der Waals surface area contributed by atoms with Crippen LogP contribution in [0.1, 0.15) is 16.3 Å². The van der Waals surface area contributed by atoms with Crippen LogP contribution < -0.4 is 10.1 Å². The number of furan rings is 2. The van der Waals surface area contributed by atoms with Gasteiger partial charge in [0.1, 0.15) is 35.2 Å². The van der Waals surface area contributed by atoms with Gasteiger partial charge >= 0.3 is 0 Å². The van der Waals surface area contributed by atoms with Gasteiger partial charge in [-0.15, -0.1) is 11.3 Å². The highest BCUT2D eigenvalue weighted by Crippen LogP contribution is 2.30. The number of carbonyl (C=O) groups excluding carboxylic acids is 1. The molecule has 0 fully saturated rings. The Morgan fingerprint density at radius 2 is 1.90 bits per heavy atom. The van der Waals surface area contributed by atoms with E-state index in [9.17, 15) is 9.18 Å². The highest BCUT2D eigenvalue weighted by atomic mass is 32.1. The number of halogens is 1. The van der Waals surface area contributed by atoms with E-state index in [0.29, 0.717) is 28.1 Å². The first-order valence-electron chi connectivity index (χ1n) is 9.37. The molecule has 5 rings (SSSR count). The molecule has 154 valence electrons. The van der Waals surface area contributed by atoms with E-state index in [1.54, 1.807) is 12.1 Å². The molecule has 0 saturated carbocycles. The van der Waals surface area contributed by atoms with E-state index in [4.69, 9.17) is 13.6 Å². The molecule has 5 aromatic rings. The van der Waals surface area contributed by atoms with Crippen LogP contribution in [0.25, 0.3) is 22.4 Å². The van der Waals surface area contributed by atoms with Gasteiger partial charge in [-0.1, -0.05) is 18.2 Å². The van der Waals surface area contributed by atoms with Crippen LogP contribution in [0.2, 0.25) is 0 Å². The van der Waals surface area contributed by atoms with E-state index in [1.165, 1.54) is 35.6 Å². The Morgan fingerprint density at radius 3 is 2.74 bits per heavy atom. The molecule has 31 heavy (non-hydrogen) atoms. The summed E-state index contributed by atoms with van der Waals surface area (Å²) in [4.78, 5) is 16.9. The van der Waals surface area contributed by atoms with Gasteiger partial charge in [0, 0.05) is 10.8 Å². The van der Waals surface area contributed by atoms with Crippen LogP contribution in [-0.2, 0) is 6.61 Å². The van der Waals surface area contributed by atoms with Crippen LogP contribution in [0.15, 0.2) is 80.9 Å². The van der Waals surface area contributed by atoms with Crippen molar-refractivity contribution in [3.63, 3.8) is 0 Å². The fourth-order valence-corrected chi connectivity index (χ4v) is 3.67. The summed E-state index contributed by atoms with van der Waals surface area (Å²) in [6.45, 7) is 0.117. The number of hydrogen-bond acceptors (Lipinski definition) is 6. The third-order valence-corrected chi connectivity index (χ3v) is 5.24.